The number of amidine groups is 1. The van der Waals surface area contributed by atoms with Crippen LogP contribution in [0.15, 0.2) is 107 Å². The van der Waals surface area contributed by atoms with Crippen molar-refractivity contribution in [1.82, 2.24) is 9.80 Å². The molecule has 2 aliphatic rings. The fourth-order valence-corrected chi connectivity index (χ4v) is 6.33. The molecular formula is C33H29FN4O5S. The Balaban J connectivity index is 1.12. The minimum atomic E-state index is -0.592. The normalized spacial score (nSPS) is 19.0. The number of aliphatic imine (C=N–C) groups is 1. The van der Waals surface area contributed by atoms with Gasteiger partial charge in [0.1, 0.15) is 28.6 Å². The number of para-hydroxylation sites is 1. The Morgan fingerprint density at radius 2 is 1.84 bits per heavy atom. The highest BCUT2D eigenvalue weighted by Crippen LogP contribution is 2.41. The molecule has 3 aromatic carbocycles. The Bertz CT molecular complexity index is 1660. The topological polar surface area (TPSA) is 104 Å². The quantitative estimate of drug-likeness (QED) is 0.251. The maximum atomic E-state index is 13.8. The van der Waals surface area contributed by atoms with Gasteiger partial charge in [-0.05, 0) is 73.0 Å². The number of thioether (sulfide) groups is 1. The van der Waals surface area contributed by atoms with E-state index in [4.69, 9.17) is 9.15 Å². The zero-order valence-corrected chi connectivity index (χ0v) is 24.4. The third kappa shape index (κ3) is 6.68. The summed E-state index contributed by atoms with van der Waals surface area (Å²) in [6, 6.07) is 24.9. The van der Waals surface area contributed by atoms with E-state index in [1.165, 1.54) is 35.1 Å². The second kappa shape index (κ2) is 13.2. The summed E-state index contributed by atoms with van der Waals surface area (Å²) in [5, 5.41) is 2.75. The molecule has 224 valence electrons. The molecule has 9 nitrogen and oxygen atoms in total. The van der Waals surface area contributed by atoms with Gasteiger partial charge in [0.2, 0.25) is 11.8 Å². The first-order chi connectivity index (χ1) is 21.4. The number of ether oxygens (including phenoxy) is 1. The zero-order chi connectivity index (χ0) is 30.5. The maximum absolute atomic E-state index is 13.8. The molecule has 1 N–H and O–H groups in total. The number of hydrogen-bond acceptors (Lipinski definition) is 7. The molecule has 3 heterocycles. The summed E-state index contributed by atoms with van der Waals surface area (Å²) in [5.41, 5.74) is 1.67. The van der Waals surface area contributed by atoms with Crippen LogP contribution in [0.2, 0.25) is 0 Å². The largest absolute Gasteiger partial charge is 0.484 e. The number of benzene rings is 3. The standard InChI is InChI=1S/C33H29FN4O5S/c34-23-7-4-8-25(19-23)36-33-38(20-27-11-6-18-42-27)32(41)30(44-33)22-13-15-24(16-14-22)35-31(40)28-12-5-17-37(28)29(39)21-43-26-9-2-1-3-10-26/h1-4,6-11,13-16,18-19,28,30H,5,12,17,20-21H2,(H,35,40)/b36-33-/t28-,30?/m0/s1. The number of hydrogen-bond donors (Lipinski definition) is 1. The van der Waals surface area contributed by atoms with Crippen LogP contribution in [0, 0.1) is 5.82 Å². The maximum Gasteiger partial charge on any atom is 0.261 e. The van der Waals surface area contributed by atoms with E-state index in [0.29, 0.717) is 41.0 Å². The summed E-state index contributed by atoms with van der Waals surface area (Å²) in [4.78, 5) is 47.2. The van der Waals surface area contributed by atoms with Gasteiger partial charge >= 0.3 is 0 Å². The number of amides is 3. The molecule has 1 aromatic heterocycles. The number of nitrogens with one attached hydrogen (secondary N) is 1. The molecule has 3 amide bonds. The van der Waals surface area contributed by atoms with E-state index in [-0.39, 0.29) is 30.9 Å². The molecular weight excluding hydrogens is 583 g/mol. The highest BCUT2D eigenvalue weighted by molar-refractivity contribution is 8.15. The highest BCUT2D eigenvalue weighted by Gasteiger charge is 2.40. The van der Waals surface area contributed by atoms with Crippen molar-refractivity contribution in [3.63, 3.8) is 0 Å². The first-order valence-electron chi connectivity index (χ1n) is 14.2. The van der Waals surface area contributed by atoms with Gasteiger partial charge in [-0.3, -0.25) is 19.3 Å². The summed E-state index contributed by atoms with van der Waals surface area (Å²) in [6.45, 7) is 0.532. The zero-order valence-electron chi connectivity index (χ0n) is 23.6. The lowest BCUT2D eigenvalue weighted by atomic mass is 10.1. The third-order valence-corrected chi connectivity index (χ3v) is 8.57. The van der Waals surface area contributed by atoms with Gasteiger partial charge < -0.3 is 19.4 Å². The second-order valence-corrected chi connectivity index (χ2v) is 11.4. The third-order valence-electron chi connectivity index (χ3n) is 7.33. The SMILES string of the molecule is O=C(Nc1ccc(C2S/C(=N\c3cccc(F)c3)N(Cc3ccco3)C2=O)cc1)[C@@H]1CCCN1C(=O)COc1ccccc1. The number of likely N-dealkylation sites (tertiary alicyclic amines) is 1. The first kappa shape index (κ1) is 29.2. The number of anilines is 1. The van der Waals surface area contributed by atoms with Crippen LogP contribution in [0.5, 0.6) is 5.75 Å². The molecule has 6 rings (SSSR count). The smallest absolute Gasteiger partial charge is 0.261 e. The number of nitrogens with zero attached hydrogens (tertiary/aromatic N) is 3. The van der Waals surface area contributed by atoms with Crippen molar-refractivity contribution in [2.45, 2.75) is 30.7 Å². The van der Waals surface area contributed by atoms with Crippen LogP contribution in [-0.4, -0.2) is 51.9 Å². The molecule has 0 aliphatic carbocycles. The van der Waals surface area contributed by atoms with E-state index in [1.807, 2.05) is 18.2 Å². The van der Waals surface area contributed by atoms with Crippen LogP contribution in [0.1, 0.15) is 29.4 Å². The van der Waals surface area contributed by atoms with Crippen molar-refractivity contribution in [3.05, 3.63) is 114 Å². The Hall–Kier alpha value is -4.90. The number of furan rings is 1. The van der Waals surface area contributed by atoms with Gasteiger partial charge in [-0.1, -0.05) is 48.2 Å². The molecule has 4 aromatic rings. The van der Waals surface area contributed by atoms with Crippen molar-refractivity contribution in [2.75, 3.05) is 18.5 Å². The predicted molar refractivity (Wildman–Crippen MR) is 165 cm³/mol. The van der Waals surface area contributed by atoms with Crippen LogP contribution in [0.4, 0.5) is 15.8 Å². The Morgan fingerprint density at radius 1 is 1.02 bits per heavy atom. The second-order valence-electron chi connectivity index (χ2n) is 10.3. The molecule has 0 spiro atoms. The Kier molecular flexibility index (Phi) is 8.74. The lowest BCUT2D eigenvalue weighted by Gasteiger charge is -2.24. The van der Waals surface area contributed by atoms with Gasteiger partial charge in [0.15, 0.2) is 11.8 Å². The highest BCUT2D eigenvalue weighted by atomic mass is 32.2. The van der Waals surface area contributed by atoms with Gasteiger partial charge in [-0.25, -0.2) is 9.38 Å². The summed E-state index contributed by atoms with van der Waals surface area (Å²) in [7, 11) is 0. The van der Waals surface area contributed by atoms with Gasteiger partial charge in [-0.15, -0.1) is 0 Å². The van der Waals surface area contributed by atoms with Crippen LogP contribution in [-0.2, 0) is 20.9 Å². The first-order valence-corrected chi connectivity index (χ1v) is 15.1. The molecule has 44 heavy (non-hydrogen) atoms. The molecule has 0 radical (unpaired) electrons. The number of halogens is 1. The van der Waals surface area contributed by atoms with Crippen LogP contribution in [0.25, 0.3) is 0 Å². The Morgan fingerprint density at radius 3 is 2.59 bits per heavy atom. The molecule has 11 heteroatoms. The van der Waals surface area contributed by atoms with E-state index < -0.39 is 17.1 Å². The van der Waals surface area contributed by atoms with Crippen molar-refractivity contribution >= 4 is 46.0 Å². The molecule has 0 bridgehead atoms. The fourth-order valence-electron chi connectivity index (χ4n) is 5.16. The van der Waals surface area contributed by atoms with E-state index in [0.717, 1.165) is 12.0 Å². The monoisotopic (exact) mass is 612 g/mol. The average Bonchev–Trinajstić information content (AvgIpc) is 3.80. The number of carbonyl (C=O) groups is 3. The lowest BCUT2D eigenvalue weighted by molar-refractivity contribution is -0.138. The average molecular weight is 613 g/mol. The predicted octanol–water partition coefficient (Wildman–Crippen LogP) is 5.93. The van der Waals surface area contributed by atoms with Crippen molar-refractivity contribution in [2.24, 2.45) is 4.99 Å². The van der Waals surface area contributed by atoms with Gasteiger partial charge in [-0.2, -0.15) is 0 Å². The van der Waals surface area contributed by atoms with E-state index >= 15 is 0 Å². The van der Waals surface area contributed by atoms with E-state index in [2.05, 4.69) is 10.3 Å². The molecule has 1 unspecified atom stereocenters. The minimum absolute atomic E-state index is 0.142. The summed E-state index contributed by atoms with van der Waals surface area (Å²) in [6.07, 6.45) is 2.83. The summed E-state index contributed by atoms with van der Waals surface area (Å²) >= 11 is 1.27. The number of rotatable bonds is 9. The summed E-state index contributed by atoms with van der Waals surface area (Å²) in [5.74, 6) is 0.0686. The van der Waals surface area contributed by atoms with Crippen molar-refractivity contribution in [1.29, 1.82) is 0 Å². The molecule has 2 atom stereocenters. The van der Waals surface area contributed by atoms with E-state index in [1.54, 1.807) is 65.6 Å². The number of carbonyl (C=O) groups excluding carboxylic acids is 3. The van der Waals surface area contributed by atoms with Crippen molar-refractivity contribution < 1.29 is 27.9 Å². The van der Waals surface area contributed by atoms with Gasteiger partial charge in [0.05, 0.1) is 18.5 Å². The fraction of sp³-hybridized carbons (Fsp3) is 0.212. The molecule has 2 saturated heterocycles. The molecule has 2 aliphatic heterocycles. The van der Waals surface area contributed by atoms with E-state index in [9.17, 15) is 18.8 Å². The minimum Gasteiger partial charge on any atom is -0.484 e. The molecule has 0 saturated carbocycles. The van der Waals surface area contributed by atoms with Gasteiger partial charge in [0.25, 0.3) is 5.91 Å². The van der Waals surface area contributed by atoms with Crippen molar-refractivity contribution in [3.8, 4) is 5.75 Å². The summed E-state index contributed by atoms with van der Waals surface area (Å²) < 4.78 is 24.9. The lowest BCUT2D eigenvalue weighted by Crippen LogP contribution is -2.45. The molecule has 2 fully saturated rings. The van der Waals surface area contributed by atoms with Gasteiger partial charge in [0, 0.05) is 12.2 Å². The van der Waals surface area contributed by atoms with Crippen LogP contribution in [0.3, 0.4) is 0 Å². The van der Waals surface area contributed by atoms with Crippen LogP contribution >= 0.6 is 11.8 Å². The Labute approximate surface area is 257 Å². The van der Waals surface area contributed by atoms with Crippen LogP contribution < -0.4 is 10.1 Å².